The van der Waals surface area contributed by atoms with Gasteiger partial charge in [-0.05, 0) is 69.9 Å². The molecule has 1 aliphatic heterocycles. The first-order valence-corrected chi connectivity index (χ1v) is 13.8. The molecule has 4 rings (SSSR count). The molecule has 0 aliphatic carbocycles. The fourth-order valence-electron chi connectivity index (χ4n) is 4.64. The van der Waals surface area contributed by atoms with Crippen molar-refractivity contribution in [3.05, 3.63) is 71.2 Å². The Bertz CT molecular complexity index is 1400. The van der Waals surface area contributed by atoms with Crippen LogP contribution in [0.25, 0.3) is 0 Å². The van der Waals surface area contributed by atoms with Gasteiger partial charge in [-0.1, -0.05) is 25.5 Å². The van der Waals surface area contributed by atoms with Crippen molar-refractivity contribution in [2.75, 3.05) is 29.5 Å². The number of nitrogen functional groups attached to an aromatic ring is 1. The number of pyridine rings is 1. The van der Waals surface area contributed by atoms with Gasteiger partial charge in [-0.2, -0.15) is 0 Å². The number of piperidine rings is 1. The fraction of sp³-hybridized carbons (Fsp3) is 0.400. The lowest BCUT2D eigenvalue weighted by Gasteiger charge is -2.34. The van der Waals surface area contributed by atoms with Crippen molar-refractivity contribution in [3.8, 4) is 0 Å². The monoisotopic (exact) mass is 558 g/mol. The Hall–Kier alpha value is -4.54. The van der Waals surface area contributed by atoms with Crippen molar-refractivity contribution >= 4 is 35.2 Å². The highest BCUT2D eigenvalue weighted by atomic mass is 16.6. The predicted octanol–water partition coefficient (Wildman–Crippen LogP) is 4.89. The number of hydrogen-bond donors (Lipinski definition) is 4. The van der Waals surface area contributed by atoms with Gasteiger partial charge in [-0.15, -0.1) is 0 Å². The molecule has 5 N–H and O–H groups in total. The average Bonchev–Trinajstić information content (AvgIpc) is 2.92. The normalized spacial score (nSPS) is 15.2. The number of nitrogens with one attached hydrogen (secondary N) is 3. The maximum atomic E-state index is 12.8. The van der Waals surface area contributed by atoms with Crippen molar-refractivity contribution in [2.45, 2.75) is 65.0 Å². The summed E-state index contributed by atoms with van der Waals surface area (Å²) in [5.74, 6) is 0.780. The molecule has 1 saturated heterocycles. The smallest absolute Gasteiger partial charge is 0.410 e. The molecular weight excluding hydrogens is 520 g/mol. The Kier molecular flexibility index (Phi) is 9.16. The first kappa shape index (κ1) is 29.4. The van der Waals surface area contributed by atoms with Gasteiger partial charge in [0.05, 0.1) is 11.3 Å². The highest BCUT2D eigenvalue weighted by Crippen LogP contribution is 2.25. The number of anilines is 3. The summed E-state index contributed by atoms with van der Waals surface area (Å²) in [4.78, 5) is 39.8. The molecule has 11 nitrogen and oxygen atoms in total. The van der Waals surface area contributed by atoms with Gasteiger partial charge in [0.25, 0.3) is 5.91 Å². The molecule has 1 unspecified atom stereocenters. The number of aryl methyl sites for hydroxylation is 1. The minimum atomic E-state index is -0.576. The lowest BCUT2D eigenvalue weighted by molar-refractivity contribution is 0.0206. The van der Waals surface area contributed by atoms with Crippen LogP contribution in [0, 0.1) is 5.41 Å². The molecule has 1 aliphatic rings. The van der Waals surface area contributed by atoms with E-state index >= 15 is 0 Å². The Balaban J connectivity index is 1.46. The van der Waals surface area contributed by atoms with Crippen molar-refractivity contribution in [1.29, 1.82) is 5.41 Å². The molecule has 0 spiro atoms. The van der Waals surface area contributed by atoms with Gasteiger partial charge in [0, 0.05) is 36.5 Å². The van der Waals surface area contributed by atoms with E-state index < -0.39 is 5.60 Å². The molecule has 2 aromatic heterocycles. The second-order valence-corrected chi connectivity index (χ2v) is 11.1. The van der Waals surface area contributed by atoms with Gasteiger partial charge < -0.3 is 26.0 Å². The molecule has 11 heteroatoms. The summed E-state index contributed by atoms with van der Waals surface area (Å²) in [6, 6.07) is 10.4. The summed E-state index contributed by atoms with van der Waals surface area (Å²) < 4.78 is 5.54. The van der Waals surface area contributed by atoms with E-state index in [-0.39, 0.29) is 29.6 Å². The maximum Gasteiger partial charge on any atom is 0.410 e. The molecule has 0 saturated carbocycles. The van der Waals surface area contributed by atoms with E-state index in [1.165, 1.54) is 6.33 Å². The van der Waals surface area contributed by atoms with Crippen LogP contribution in [-0.4, -0.2) is 62.3 Å². The number of carbonyl (C=O) groups excluding carboxylic acids is 2. The summed E-state index contributed by atoms with van der Waals surface area (Å²) in [7, 11) is 0. The molecule has 41 heavy (non-hydrogen) atoms. The van der Waals surface area contributed by atoms with E-state index in [1.807, 2.05) is 32.9 Å². The van der Waals surface area contributed by atoms with Crippen LogP contribution in [0.4, 0.5) is 22.2 Å². The standard InChI is InChI=1S/C30H38N8O3/c1-5-7-19-13-14-33-23(16-19)37-28(39)21-11-9-20(10-12-21)25(31)24-26(32)34-18-35-27(24)36-22-8-6-15-38(17-22)29(40)41-30(2,3)4/h9-14,16,18,22,31H,5-8,15,17H2,1-4H3,(H,33,37,39)(H3,32,34,35,36). The highest BCUT2D eigenvalue weighted by molar-refractivity contribution is 6.16. The number of benzene rings is 1. The molecule has 3 aromatic rings. The zero-order valence-corrected chi connectivity index (χ0v) is 24.0. The topological polar surface area (TPSA) is 159 Å². The summed E-state index contributed by atoms with van der Waals surface area (Å²) >= 11 is 0. The van der Waals surface area contributed by atoms with E-state index in [4.69, 9.17) is 15.9 Å². The number of likely N-dealkylation sites (tertiary alicyclic amines) is 1. The summed E-state index contributed by atoms with van der Waals surface area (Å²) in [5, 5.41) is 15.1. The number of ether oxygens (including phenoxy) is 1. The number of carbonyl (C=O) groups is 2. The molecule has 1 aromatic carbocycles. The van der Waals surface area contributed by atoms with E-state index in [2.05, 4.69) is 32.5 Å². The molecule has 216 valence electrons. The second kappa shape index (κ2) is 12.8. The van der Waals surface area contributed by atoms with Gasteiger partial charge in [0.15, 0.2) is 0 Å². The van der Waals surface area contributed by atoms with Gasteiger partial charge in [-0.3, -0.25) is 10.2 Å². The largest absolute Gasteiger partial charge is 0.444 e. The van der Waals surface area contributed by atoms with Crippen molar-refractivity contribution in [3.63, 3.8) is 0 Å². The first-order chi connectivity index (χ1) is 19.5. The molecule has 2 amide bonds. The number of rotatable bonds is 8. The van der Waals surface area contributed by atoms with Crippen LogP contribution >= 0.6 is 0 Å². The van der Waals surface area contributed by atoms with Crippen LogP contribution in [0.1, 0.15) is 74.0 Å². The van der Waals surface area contributed by atoms with Gasteiger partial charge in [0.2, 0.25) is 0 Å². The summed E-state index contributed by atoms with van der Waals surface area (Å²) in [6.45, 7) is 8.67. The molecular formula is C30H38N8O3. The third-order valence-corrected chi connectivity index (χ3v) is 6.58. The molecule has 1 atom stereocenters. The van der Waals surface area contributed by atoms with E-state index in [0.717, 1.165) is 31.2 Å². The maximum absolute atomic E-state index is 12.8. The number of nitrogens with zero attached hydrogens (tertiary/aromatic N) is 4. The number of nitrogens with two attached hydrogens (primary N) is 1. The van der Waals surface area contributed by atoms with Crippen LogP contribution in [-0.2, 0) is 11.2 Å². The van der Waals surface area contributed by atoms with Crippen LogP contribution in [0.2, 0.25) is 0 Å². The van der Waals surface area contributed by atoms with Gasteiger partial charge in [0.1, 0.15) is 29.4 Å². The van der Waals surface area contributed by atoms with E-state index in [9.17, 15) is 9.59 Å². The van der Waals surface area contributed by atoms with Crippen LogP contribution < -0.4 is 16.4 Å². The minimum absolute atomic E-state index is 0.104. The second-order valence-electron chi connectivity index (χ2n) is 11.1. The summed E-state index contributed by atoms with van der Waals surface area (Å²) in [5.41, 5.74) is 8.21. The molecule has 3 heterocycles. The predicted molar refractivity (Wildman–Crippen MR) is 159 cm³/mol. The molecule has 0 radical (unpaired) electrons. The van der Waals surface area contributed by atoms with Crippen molar-refractivity contribution < 1.29 is 14.3 Å². The summed E-state index contributed by atoms with van der Waals surface area (Å²) in [6.07, 6.45) is 6.21. The van der Waals surface area contributed by atoms with Crippen LogP contribution in [0.5, 0.6) is 0 Å². The zero-order valence-electron chi connectivity index (χ0n) is 24.0. The molecule has 1 fully saturated rings. The van der Waals surface area contributed by atoms with Crippen molar-refractivity contribution in [2.24, 2.45) is 0 Å². The lowest BCUT2D eigenvalue weighted by Crippen LogP contribution is -2.47. The van der Waals surface area contributed by atoms with Crippen LogP contribution in [0.3, 0.4) is 0 Å². The van der Waals surface area contributed by atoms with Crippen LogP contribution in [0.15, 0.2) is 48.9 Å². The van der Waals surface area contributed by atoms with Gasteiger partial charge >= 0.3 is 6.09 Å². The fourth-order valence-corrected chi connectivity index (χ4v) is 4.64. The Morgan fingerprint density at radius 1 is 1.12 bits per heavy atom. The Morgan fingerprint density at radius 3 is 2.56 bits per heavy atom. The average molecular weight is 559 g/mol. The number of amides is 2. The molecule has 0 bridgehead atoms. The number of aromatic nitrogens is 3. The Labute approximate surface area is 240 Å². The quantitative estimate of drug-likeness (QED) is 0.285. The SMILES string of the molecule is CCCc1ccnc(NC(=O)c2ccc(C(=N)c3c(N)ncnc3NC3CCCN(C(=O)OC(C)(C)C)C3)cc2)c1. The first-order valence-electron chi connectivity index (χ1n) is 13.8. The van der Waals surface area contributed by atoms with E-state index in [0.29, 0.717) is 41.4 Å². The minimum Gasteiger partial charge on any atom is -0.444 e. The third-order valence-electron chi connectivity index (χ3n) is 6.58. The van der Waals surface area contributed by atoms with E-state index in [1.54, 1.807) is 35.4 Å². The highest BCUT2D eigenvalue weighted by Gasteiger charge is 2.29. The zero-order chi connectivity index (χ0) is 29.6. The Morgan fingerprint density at radius 2 is 1.85 bits per heavy atom. The van der Waals surface area contributed by atoms with Gasteiger partial charge in [-0.25, -0.2) is 19.7 Å². The van der Waals surface area contributed by atoms with Crippen molar-refractivity contribution in [1.82, 2.24) is 19.9 Å². The lowest BCUT2D eigenvalue weighted by atomic mass is 10.0. The number of hydrogen-bond acceptors (Lipinski definition) is 9. The third kappa shape index (κ3) is 7.77.